The SMILES string of the molecule is Cc1ccccc1C1=Nc2c(cc(N3CCOCC3)cc2C(=O)Nc2nccs2)C1.Cc1ccccc1C1=Nc2c(cc(N3CCOCC3)cc2C(=O)O)C1.Nc1nccs1. The van der Waals surface area contributed by atoms with E-state index < -0.39 is 5.97 Å². The number of nitrogens with zero attached hydrogens (tertiary/aromatic N) is 6. The number of amides is 1. The number of carbonyl (C=O) groups excluding carboxylic acids is 1. The fourth-order valence-electron chi connectivity index (χ4n) is 7.73. The van der Waals surface area contributed by atoms with Gasteiger partial charge in [0.25, 0.3) is 5.91 Å². The number of aromatic nitrogens is 2. The van der Waals surface area contributed by atoms with Crippen LogP contribution >= 0.6 is 22.7 Å². The van der Waals surface area contributed by atoms with Crippen LogP contribution in [0.3, 0.4) is 0 Å². The summed E-state index contributed by atoms with van der Waals surface area (Å²) in [7, 11) is 0. The van der Waals surface area contributed by atoms with Crippen molar-refractivity contribution in [1.29, 1.82) is 0 Å². The Balaban J connectivity index is 0.000000150. The van der Waals surface area contributed by atoms with Crippen molar-refractivity contribution in [3.8, 4) is 0 Å². The van der Waals surface area contributed by atoms with E-state index in [-0.39, 0.29) is 11.5 Å². The molecule has 0 bridgehead atoms. The lowest BCUT2D eigenvalue weighted by atomic mass is 9.98. The van der Waals surface area contributed by atoms with Gasteiger partial charge in [-0.3, -0.25) is 20.1 Å². The fourth-order valence-corrected chi connectivity index (χ4v) is 8.64. The number of fused-ring (bicyclic) bond motifs is 2. The Morgan fingerprint density at radius 2 is 1.18 bits per heavy atom. The van der Waals surface area contributed by atoms with Gasteiger partial charge in [0.1, 0.15) is 0 Å². The molecule has 0 unspecified atom stereocenters. The number of hydrogen-bond donors (Lipinski definition) is 3. The number of aliphatic imine (C=N–C) groups is 2. The molecule has 0 atom stereocenters. The van der Waals surface area contributed by atoms with E-state index in [0.29, 0.717) is 54.4 Å². The number of aromatic carboxylic acids is 1. The van der Waals surface area contributed by atoms with Crippen molar-refractivity contribution < 1.29 is 24.2 Å². The molecule has 61 heavy (non-hydrogen) atoms. The first-order chi connectivity index (χ1) is 29.7. The molecule has 6 aromatic rings. The minimum absolute atomic E-state index is 0.175. The van der Waals surface area contributed by atoms with Gasteiger partial charge in [0.15, 0.2) is 10.3 Å². The average molecular weight is 855 g/mol. The van der Waals surface area contributed by atoms with Gasteiger partial charge in [0.05, 0.1) is 60.4 Å². The van der Waals surface area contributed by atoms with Crippen LogP contribution in [-0.2, 0) is 22.3 Å². The van der Waals surface area contributed by atoms with Gasteiger partial charge in [-0.25, -0.2) is 14.8 Å². The summed E-state index contributed by atoms with van der Waals surface area (Å²) in [6, 6.07) is 24.3. The predicted molar refractivity (Wildman–Crippen MR) is 245 cm³/mol. The maximum absolute atomic E-state index is 13.2. The Labute approximate surface area is 362 Å². The van der Waals surface area contributed by atoms with Gasteiger partial charge < -0.3 is 30.1 Å². The molecule has 6 heterocycles. The Morgan fingerprint density at radius 1 is 0.689 bits per heavy atom. The van der Waals surface area contributed by atoms with E-state index in [9.17, 15) is 14.7 Å². The van der Waals surface area contributed by atoms with Gasteiger partial charge in [0, 0.05) is 73.5 Å². The van der Waals surface area contributed by atoms with Crippen molar-refractivity contribution in [3.63, 3.8) is 0 Å². The van der Waals surface area contributed by atoms with E-state index >= 15 is 0 Å². The number of benzene rings is 4. The van der Waals surface area contributed by atoms with Crippen molar-refractivity contribution in [2.45, 2.75) is 26.7 Å². The molecular weight excluding hydrogens is 809 g/mol. The number of carbonyl (C=O) groups is 2. The van der Waals surface area contributed by atoms with Crippen LogP contribution in [-0.4, -0.2) is 91.0 Å². The topological polar surface area (TPSA) is 168 Å². The second-order valence-electron chi connectivity index (χ2n) is 14.8. The average Bonchev–Trinajstić information content (AvgIpc) is 4.13. The zero-order chi connectivity index (χ0) is 42.3. The minimum Gasteiger partial charge on any atom is -0.478 e. The lowest BCUT2D eigenvalue weighted by Crippen LogP contribution is -2.36. The van der Waals surface area contributed by atoms with Crippen LogP contribution in [0.4, 0.5) is 33.0 Å². The van der Waals surface area contributed by atoms with Crippen LogP contribution in [0.1, 0.15) is 54.1 Å². The zero-order valence-electron chi connectivity index (χ0n) is 34.0. The maximum atomic E-state index is 13.2. The summed E-state index contributed by atoms with van der Waals surface area (Å²) in [5.41, 5.74) is 18.0. The van der Waals surface area contributed by atoms with Gasteiger partial charge >= 0.3 is 5.97 Å². The van der Waals surface area contributed by atoms with Gasteiger partial charge in [-0.05, 0) is 71.5 Å². The fraction of sp³-hybridized carbons (Fsp3) is 0.261. The molecule has 1 amide bonds. The Bertz CT molecular complexity index is 2580. The van der Waals surface area contributed by atoms with E-state index in [0.717, 1.165) is 88.9 Å². The third kappa shape index (κ3) is 9.71. The van der Waals surface area contributed by atoms with Gasteiger partial charge in [0.2, 0.25) is 0 Å². The van der Waals surface area contributed by atoms with E-state index in [4.69, 9.17) is 20.2 Å². The summed E-state index contributed by atoms with van der Waals surface area (Å²) in [5, 5.41) is 17.5. The van der Waals surface area contributed by atoms with E-state index in [2.05, 4.69) is 74.3 Å². The molecule has 4 aliphatic heterocycles. The number of carboxylic acids is 1. The van der Waals surface area contributed by atoms with Gasteiger partial charge in [-0.15, -0.1) is 22.7 Å². The van der Waals surface area contributed by atoms with Crippen molar-refractivity contribution in [1.82, 2.24) is 9.97 Å². The largest absolute Gasteiger partial charge is 0.478 e. The van der Waals surface area contributed by atoms with Crippen LogP contribution in [0.2, 0.25) is 0 Å². The van der Waals surface area contributed by atoms with Crippen LogP contribution in [0.15, 0.2) is 106 Å². The molecule has 2 aromatic heterocycles. The third-order valence-corrected chi connectivity index (χ3v) is 12.1. The highest BCUT2D eigenvalue weighted by Crippen LogP contribution is 2.39. The van der Waals surface area contributed by atoms with Crippen LogP contribution in [0, 0.1) is 13.8 Å². The van der Waals surface area contributed by atoms with E-state index in [1.165, 1.54) is 28.2 Å². The molecule has 4 N–H and O–H groups in total. The number of nitrogens with one attached hydrogen (secondary N) is 1. The third-order valence-electron chi connectivity index (χ3n) is 10.8. The van der Waals surface area contributed by atoms with Crippen molar-refractivity contribution in [3.05, 3.63) is 140 Å². The number of rotatable bonds is 7. The number of ether oxygens (including phenoxy) is 2. The van der Waals surface area contributed by atoms with Gasteiger partial charge in [-0.2, -0.15) is 0 Å². The first-order valence-corrected chi connectivity index (χ1v) is 21.8. The highest BCUT2D eigenvalue weighted by atomic mass is 32.1. The lowest BCUT2D eigenvalue weighted by molar-refractivity contribution is 0.0697. The van der Waals surface area contributed by atoms with E-state index in [1.54, 1.807) is 18.5 Å². The number of hydrogen-bond acceptors (Lipinski definition) is 13. The smallest absolute Gasteiger partial charge is 0.337 e. The summed E-state index contributed by atoms with van der Waals surface area (Å²) in [5.74, 6) is -1.10. The zero-order valence-corrected chi connectivity index (χ0v) is 35.6. The molecule has 10 rings (SSSR count). The molecular formula is C46H46N8O5S2. The highest BCUT2D eigenvalue weighted by Gasteiger charge is 2.28. The Kier molecular flexibility index (Phi) is 12.9. The molecule has 312 valence electrons. The number of carboxylic acid groups (broad SMARTS) is 1. The second kappa shape index (κ2) is 19.0. The highest BCUT2D eigenvalue weighted by molar-refractivity contribution is 7.13. The molecule has 15 heteroatoms. The number of anilines is 4. The summed E-state index contributed by atoms with van der Waals surface area (Å²) in [4.78, 5) is 46.9. The molecule has 2 saturated heterocycles. The molecule has 4 aliphatic rings. The molecule has 0 radical (unpaired) electrons. The van der Waals surface area contributed by atoms with Crippen LogP contribution in [0.25, 0.3) is 0 Å². The monoisotopic (exact) mass is 854 g/mol. The molecule has 13 nitrogen and oxygen atoms in total. The number of aryl methyl sites for hydroxylation is 2. The van der Waals surface area contributed by atoms with Crippen LogP contribution in [0.5, 0.6) is 0 Å². The normalized spacial score (nSPS) is 15.3. The lowest BCUT2D eigenvalue weighted by Gasteiger charge is -2.29. The summed E-state index contributed by atoms with van der Waals surface area (Å²) in [6.45, 7) is 10.1. The van der Waals surface area contributed by atoms with Crippen molar-refractivity contribution in [2.24, 2.45) is 9.98 Å². The molecule has 2 fully saturated rings. The first kappa shape index (κ1) is 41.5. The summed E-state index contributed by atoms with van der Waals surface area (Å²) < 4.78 is 10.9. The number of morpholine rings is 2. The number of nitrogens with two attached hydrogens (primary N) is 1. The second-order valence-corrected chi connectivity index (χ2v) is 16.6. The number of nitrogen functional groups attached to an aromatic ring is 1. The first-order valence-electron chi connectivity index (χ1n) is 20.1. The Hall–Kier alpha value is -6.26. The standard InChI is InChI=1S/C23H22N4O2S.C20H20N2O3.C3H4N2S/c1-15-4-2-3-5-18(15)20-13-16-12-17(27-7-9-29-10-8-27)14-19(21(16)25-20)22(28)26-23-24-6-11-30-23;1-13-4-2-3-5-16(13)18-11-14-10-15(22-6-8-25-9-7-22)12-17(20(23)24)19(14)21-18;4-3-5-1-2-6-3/h2-6,11-12,14H,7-10,13H2,1H3,(H,24,26,28);2-5,10,12H,6-9,11H2,1H3,(H,23,24);1-2H,(H2,4,5). The van der Waals surface area contributed by atoms with Crippen molar-refractivity contribution >= 4 is 79.0 Å². The predicted octanol–water partition coefficient (Wildman–Crippen LogP) is 8.15. The van der Waals surface area contributed by atoms with E-state index in [1.807, 2.05) is 47.2 Å². The van der Waals surface area contributed by atoms with Crippen LogP contribution < -0.4 is 20.9 Å². The number of thiazole rings is 2. The molecule has 0 aliphatic carbocycles. The molecule has 4 aromatic carbocycles. The van der Waals surface area contributed by atoms with Gasteiger partial charge in [-0.1, -0.05) is 48.5 Å². The maximum Gasteiger partial charge on any atom is 0.337 e. The summed E-state index contributed by atoms with van der Waals surface area (Å²) in [6.07, 6.45) is 4.75. The summed E-state index contributed by atoms with van der Waals surface area (Å²) >= 11 is 2.85. The minimum atomic E-state index is -0.929. The van der Waals surface area contributed by atoms with Crippen molar-refractivity contribution in [2.75, 3.05) is 73.5 Å². The Morgan fingerprint density at radius 3 is 1.62 bits per heavy atom. The molecule has 0 spiro atoms. The quantitative estimate of drug-likeness (QED) is 0.143. The molecule has 0 saturated carbocycles.